The predicted octanol–water partition coefficient (Wildman–Crippen LogP) is 5.07. The topological polar surface area (TPSA) is 139 Å². The van der Waals surface area contributed by atoms with Crippen molar-refractivity contribution in [2.45, 2.75) is 0 Å². The zero-order valence-corrected chi connectivity index (χ0v) is 24.4. The molecule has 2 aromatic carbocycles. The first-order valence-electron chi connectivity index (χ1n) is 14.1. The third-order valence-electron chi connectivity index (χ3n) is 6.70. The van der Waals surface area contributed by atoms with Crippen LogP contribution < -0.4 is 18.9 Å². The van der Waals surface area contributed by atoms with Gasteiger partial charge in [-0.1, -0.05) is 0 Å². The largest absolute Gasteiger partial charge is 0.497 e. The Balaban J connectivity index is 0.837. The Morgan fingerprint density at radius 3 is 1.36 bits per heavy atom. The van der Waals surface area contributed by atoms with E-state index in [0.717, 1.165) is 45.0 Å². The average molecular weight is 597 g/mol. The van der Waals surface area contributed by atoms with Crippen molar-refractivity contribution in [1.82, 2.24) is 29.9 Å². The number of benzene rings is 2. The van der Waals surface area contributed by atoms with Gasteiger partial charge in [0.15, 0.2) is 11.6 Å². The number of nitrogens with one attached hydrogen (secondary N) is 2. The third-order valence-corrected chi connectivity index (χ3v) is 6.70. The van der Waals surface area contributed by atoms with Gasteiger partial charge in [0.25, 0.3) is 0 Å². The number of ether oxygens (including phenoxy) is 6. The number of nitrogens with zero attached hydrogens (tertiary/aromatic N) is 4. The molecule has 0 atom stereocenters. The first-order valence-corrected chi connectivity index (χ1v) is 14.1. The summed E-state index contributed by atoms with van der Waals surface area (Å²) in [6.07, 6.45) is 3.34. The van der Waals surface area contributed by atoms with E-state index in [4.69, 9.17) is 28.4 Å². The Kier molecular flexibility index (Phi) is 9.09. The zero-order valence-electron chi connectivity index (χ0n) is 24.4. The highest BCUT2D eigenvalue weighted by molar-refractivity contribution is 5.81. The van der Waals surface area contributed by atoms with Crippen LogP contribution in [0.25, 0.3) is 45.1 Å². The molecule has 0 bridgehead atoms. The van der Waals surface area contributed by atoms with Crippen molar-refractivity contribution in [2.75, 3.05) is 53.9 Å². The predicted molar refractivity (Wildman–Crippen MR) is 164 cm³/mol. The van der Waals surface area contributed by atoms with Gasteiger partial charge in [0.1, 0.15) is 47.6 Å². The minimum atomic E-state index is 0.403. The molecular formula is C32H32N6O6. The summed E-state index contributed by atoms with van der Waals surface area (Å²) in [5.41, 5.74) is 4.92. The van der Waals surface area contributed by atoms with Gasteiger partial charge in [-0.25, -0.2) is 19.9 Å². The summed E-state index contributed by atoms with van der Waals surface area (Å²) < 4.78 is 33.2. The molecule has 0 aliphatic carbocycles. The molecule has 44 heavy (non-hydrogen) atoms. The van der Waals surface area contributed by atoms with E-state index in [1.807, 2.05) is 60.7 Å². The number of fused-ring (bicyclic) bond motifs is 2. The summed E-state index contributed by atoms with van der Waals surface area (Å²) in [6, 6.07) is 18.9. The molecule has 4 aromatic heterocycles. The van der Waals surface area contributed by atoms with Crippen LogP contribution in [0.5, 0.6) is 23.0 Å². The molecule has 12 heteroatoms. The molecule has 0 saturated carbocycles. The quantitative estimate of drug-likeness (QED) is 0.155. The molecule has 6 rings (SSSR count). The number of pyridine rings is 2. The van der Waals surface area contributed by atoms with Crippen LogP contribution in [0.3, 0.4) is 0 Å². The molecule has 0 aliphatic heterocycles. The molecule has 0 unspecified atom stereocenters. The van der Waals surface area contributed by atoms with Crippen LogP contribution in [0, 0.1) is 0 Å². The Bertz CT molecular complexity index is 1670. The van der Waals surface area contributed by atoms with Gasteiger partial charge in [-0.15, -0.1) is 0 Å². The monoisotopic (exact) mass is 596 g/mol. The van der Waals surface area contributed by atoms with E-state index >= 15 is 0 Å². The average Bonchev–Trinajstić information content (AvgIpc) is 3.70. The molecule has 226 valence electrons. The lowest BCUT2D eigenvalue weighted by Crippen LogP contribution is -2.13. The van der Waals surface area contributed by atoms with E-state index in [2.05, 4.69) is 29.9 Å². The van der Waals surface area contributed by atoms with Crippen molar-refractivity contribution in [2.24, 2.45) is 0 Å². The maximum absolute atomic E-state index is 5.73. The van der Waals surface area contributed by atoms with Gasteiger partial charge in [-0.05, 0) is 48.5 Å². The van der Waals surface area contributed by atoms with Crippen LogP contribution in [-0.2, 0) is 9.47 Å². The molecule has 0 fully saturated rings. The Hall–Kier alpha value is -5.20. The lowest BCUT2D eigenvalue weighted by atomic mass is 10.3. The molecule has 0 aliphatic rings. The van der Waals surface area contributed by atoms with E-state index in [1.165, 1.54) is 0 Å². The highest BCUT2D eigenvalue weighted by Crippen LogP contribution is 2.25. The van der Waals surface area contributed by atoms with Crippen LogP contribution in [0.4, 0.5) is 0 Å². The number of hydrogen-bond acceptors (Lipinski definition) is 10. The number of hydrogen-bond donors (Lipinski definition) is 2. The molecule has 0 spiro atoms. The summed E-state index contributed by atoms with van der Waals surface area (Å²) in [5, 5.41) is 0. The van der Waals surface area contributed by atoms with E-state index in [9.17, 15) is 0 Å². The summed E-state index contributed by atoms with van der Waals surface area (Å²) in [7, 11) is 3.27. The fourth-order valence-corrected chi connectivity index (χ4v) is 4.44. The van der Waals surface area contributed by atoms with Gasteiger partial charge in [-0.2, -0.15) is 0 Å². The molecule has 4 heterocycles. The maximum atomic E-state index is 5.73. The molecule has 0 saturated heterocycles. The SMILES string of the molecule is COc1ccc2[nH]c(-c3ccc(OCCOCCOCCOc4ccc(-c5nc6cc(OC)ccc6[nH]5)nc4)cn3)nc2c1. The van der Waals surface area contributed by atoms with E-state index in [1.54, 1.807) is 26.6 Å². The Labute approximate surface area is 253 Å². The van der Waals surface area contributed by atoms with Crippen LogP contribution in [0.15, 0.2) is 73.1 Å². The molecular weight excluding hydrogens is 564 g/mol. The molecule has 0 amide bonds. The van der Waals surface area contributed by atoms with Crippen molar-refractivity contribution < 1.29 is 28.4 Å². The summed E-state index contributed by atoms with van der Waals surface area (Å²) in [5.74, 6) is 4.20. The van der Waals surface area contributed by atoms with Crippen molar-refractivity contribution in [3.8, 4) is 46.0 Å². The van der Waals surface area contributed by atoms with Crippen molar-refractivity contribution in [3.05, 3.63) is 73.1 Å². The van der Waals surface area contributed by atoms with E-state index in [0.29, 0.717) is 62.8 Å². The van der Waals surface area contributed by atoms with Crippen molar-refractivity contribution in [3.63, 3.8) is 0 Å². The number of imidazole rings is 2. The maximum Gasteiger partial charge on any atom is 0.157 e. The summed E-state index contributed by atoms with van der Waals surface area (Å²) in [4.78, 5) is 24.7. The van der Waals surface area contributed by atoms with Crippen LogP contribution in [0.1, 0.15) is 0 Å². The lowest BCUT2D eigenvalue weighted by Gasteiger charge is -2.09. The number of H-pyrrole nitrogens is 2. The van der Waals surface area contributed by atoms with Gasteiger partial charge in [0, 0.05) is 12.1 Å². The normalized spacial score (nSPS) is 11.2. The van der Waals surface area contributed by atoms with Crippen LogP contribution in [-0.4, -0.2) is 83.8 Å². The fourth-order valence-electron chi connectivity index (χ4n) is 4.44. The summed E-state index contributed by atoms with van der Waals surface area (Å²) >= 11 is 0. The number of aromatic amines is 2. The first-order chi connectivity index (χ1) is 21.7. The Morgan fingerprint density at radius 2 is 0.955 bits per heavy atom. The third kappa shape index (κ3) is 7.05. The second-order valence-electron chi connectivity index (χ2n) is 9.62. The summed E-state index contributed by atoms with van der Waals surface area (Å²) in [6.45, 7) is 2.58. The zero-order chi connectivity index (χ0) is 30.1. The van der Waals surface area contributed by atoms with E-state index < -0.39 is 0 Å². The first kappa shape index (κ1) is 28.9. The molecule has 12 nitrogen and oxygen atoms in total. The minimum Gasteiger partial charge on any atom is -0.497 e. The lowest BCUT2D eigenvalue weighted by molar-refractivity contribution is 0.0273. The fraction of sp³-hybridized carbons (Fsp3) is 0.250. The smallest absolute Gasteiger partial charge is 0.157 e. The highest BCUT2D eigenvalue weighted by Gasteiger charge is 2.09. The van der Waals surface area contributed by atoms with Gasteiger partial charge >= 0.3 is 0 Å². The number of aromatic nitrogens is 6. The Morgan fingerprint density at radius 1 is 0.523 bits per heavy atom. The molecule has 2 N–H and O–H groups in total. The van der Waals surface area contributed by atoms with Gasteiger partial charge in [0.05, 0.1) is 75.1 Å². The molecule has 6 aromatic rings. The number of rotatable bonds is 15. The standard InChI is InChI=1S/C32H32N6O6/c1-39-21-3-7-25-29(17-21)37-31(35-25)27-9-5-23(19-33-27)43-15-13-41-11-12-42-14-16-44-24-6-10-28(34-20-24)32-36-26-8-4-22(40-2)18-30(26)38-32/h3-10,17-20H,11-16H2,1-2H3,(H,35,37)(H,36,38). The number of methoxy groups -OCH3 is 2. The second kappa shape index (κ2) is 13.8. The highest BCUT2D eigenvalue weighted by atomic mass is 16.6. The van der Waals surface area contributed by atoms with Gasteiger partial charge < -0.3 is 38.4 Å². The van der Waals surface area contributed by atoms with Crippen molar-refractivity contribution in [1.29, 1.82) is 0 Å². The minimum absolute atomic E-state index is 0.403. The second-order valence-corrected chi connectivity index (χ2v) is 9.62. The van der Waals surface area contributed by atoms with Crippen LogP contribution >= 0.6 is 0 Å². The van der Waals surface area contributed by atoms with E-state index in [-0.39, 0.29) is 0 Å². The molecule has 0 radical (unpaired) electrons. The van der Waals surface area contributed by atoms with Gasteiger partial charge in [-0.3, -0.25) is 0 Å². The van der Waals surface area contributed by atoms with Crippen LogP contribution in [0.2, 0.25) is 0 Å². The van der Waals surface area contributed by atoms with Crippen molar-refractivity contribution >= 4 is 22.1 Å². The van der Waals surface area contributed by atoms with Gasteiger partial charge in [0.2, 0.25) is 0 Å².